The molecule has 1 saturated heterocycles. The summed E-state index contributed by atoms with van der Waals surface area (Å²) >= 11 is 6.34. The topological polar surface area (TPSA) is 73.9 Å². The van der Waals surface area contributed by atoms with Crippen LogP contribution in [0.2, 0.25) is 5.02 Å². The van der Waals surface area contributed by atoms with Crippen LogP contribution in [0.1, 0.15) is 54.4 Å². The van der Waals surface area contributed by atoms with E-state index in [2.05, 4.69) is 15.5 Å². The molecule has 1 saturated carbocycles. The molecule has 3 aliphatic rings. The third-order valence-electron chi connectivity index (χ3n) is 7.15. The third kappa shape index (κ3) is 4.86. The van der Waals surface area contributed by atoms with Gasteiger partial charge in [-0.3, -0.25) is 14.5 Å². The maximum absolute atomic E-state index is 13.3. The first kappa shape index (κ1) is 23.0. The molecule has 0 aromatic heterocycles. The van der Waals surface area contributed by atoms with Gasteiger partial charge in [-0.2, -0.15) is 5.06 Å². The SMILES string of the molecule is CN1Oc2ccc(NC(=O)c3ccc(Cl)cc3N[C@@H]3CCCC[C@H]3N3CCCC3)cc2CC1=O. The third-order valence-corrected chi connectivity index (χ3v) is 7.39. The summed E-state index contributed by atoms with van der Waals surface area (Å²) in [5.41, 5.74) is 2.70. The first-order valence-electron chi connectivity index (χ1n) is 12.2. The van der Waals surface area contributed by atoms with E-state index >= 15 is 0 Å². The van der Waals surface area contributed by atoms with E-state index in [-0.39, 0.29) is 18.2 Å². The Morgan fingerprint density at radius 1 is 1.06 bits per heavy atom. The number of rotatable bonds is 5. The highest BCUT2D eigenvalue weighted by atomic mass is 35.5. The van der Waals surface area contributed by atoms with E-state index in [9.17, 15) is 9.59 Å². The Balaban J connectivity index is 1.35. The summed E-state index contributed by atoms with van der Waals surface area (Å²) < 4.78 is 0. The van der Waals surface area contributed by atoms with Crippen LogP contribution in [-0.4, -0.2) is 54.0 Å². The lowest BCUT2D eigenvalue weighted by molar-refractivity contribution is -0.154. The quantitative estimate of drug-likeness (QED) is 0.645. The van der Waals surface area contributed by atoms with Crippen LogP contribution in [0.15, 0.2) is 36.4 Å². The van der Waals surface area contributed by atoms with Crippen molar-refractivity contribution >= 4 is 34.8 Å². The zero-order valence-corrected chi connectivity index (χ0v) is 20.2. The molecule has 5 rings (SSSR count). The molecule has 2 amide bonds. The lowest BCUT2D eigenvalue weighted by Crippen LogP contribution is -2.47. The molecule has 34 heavy (non-hydrogen) atoms. The molecule has 2 aromatic carbocycles. The number of carbonyl (C=O) groups excluding carboxylic acids is 2. The van der Waals surface area contributed by atoms with Gasteiger partial charge in [0.25, 0.3) is 11.8 Å². The Morgan fingerprint density at radius 2 is 1.85 bits per heavy atom. The Hall–Kier alpha value is -2.77. The molecule has 2 N–H and O–H groups in total. The average Bonchev–Trinajstić information content (AvgIpc) is 3.35. The molecular weight excluding hydrogens is 452 g/mol. The van der Waals surface area contributed by atoms with Gasteiger partial charge in [0.1, 0.15) is 0 Å². The molecule has 0 spiro atoms. The van der Waals surface area contributed by atoms with Gasteiger partial charge in [-0.05, 0) is 75.2 Å². The number of fused-ring (bicyclic) bond motifs is 1. The highest BCUT2D eigenvalue weighted by Crippen LogP contribution is 2.32. The number of likely N-dealkylation sites (tertiary alicyclic amines) is 1. The maximum atomic E-state index is 13.3. The molecule has 2 aliphatic heterocycles. The summed E-state index contributed by atoms with van der Waals surface area (Å²) in [6.45, 7) is 2.32. The Bertz CT molecular complexity index is 1090. The Labute approximate surface area is 205 Å². The predicted octanol–water partition coefficient (Wildman–Crippen LogP) is 4.72. The van der Waals surface area contributed by atoms with Gasteiger partial charge in [0.05, 0.1) is 12.0 Å². The van der Waals surface area contributed by atoms with Gasteiger partial charge in [0.2, 0.25) is 0 Å². The number of nitrogens with one attached hydrogen (secondary N) is 2. The molecular formula is C26H31ClN4O3. The Kier molecular flexibility index (Phi) is 6.66. The number of amides is 2. The van der Waals surface area contributed by atoms with E-state index in [1.54, 1.807) is 37.4 Å². The van der Waals surface area contributed by atoms with Gasteiger partial charge < -0.3 is 15.5 Å². The molecule has 7 nitrogen and oxygen atoms in total. The molecule has 2 heterocycles. The largest absolute Gasteiger partial charge is 0.380 e. The number of benzene rings is 2. The van der Waals surface area contributed by atoms with Crippen molar-refractivity contribution in [1.29, 1.82) is 0 Å². The summed E-state index contributed by atoms with van der Waals surface area (Å²) in [5.74, 6) is 0.284. The van der Waals surface area contributed by atoms with Crippen molar-refractivity contribution in [3.63, 3.8) is 0 Å². The fourth-order valence-electron chi connectivity index (χ4n) is 5.38. The second-order valence-corrected chi connectivity index (χ2v) is 9.91. The van der Waals surface area contributed by atoms with Crippen LogP contribution in [0, 0.1) is 0 Å². The molecule has 0 radical (unpaired) electrons. The van der Waals surface area contributed by atoms with Crippen LogP contribution in [-0.2, 0) is 11.2 Å². The number of anilines is 2. The second-order valence-electron chi connectivity index (χ2n) is 9.47. The predicted molar refractivity (Wildman–Crippen MR) is 133 cm³/mol. The van der Waals surface area contributed by atoms with Crippen LogP contribution in [0.3, 0.4) is 0 Å². The molecule has 2 atom stereocenters. The minimum Gasteiger partial charge on any atom is -0.380 e. The molecule has 8 heteroatoms. The van der Waals surface area contributed by atoms with Gasteiger partial charge in [-0.1, -0.05) is 24.4 Å². The summed E-state index contributed by atoms with van der Waals surface area (Å²) in [5, 5.41) is 8.50. The molecule has 0 unspecified atom stereocenters. The number of hydrogen-bond acceptors (Lipinski definition) is 5. The maximum Gasteiger partial charge on any atom is 0.259 e. The molecule has 1 aliphatic carbocycles. The van der Waals surface area contributed by atoms with Crippen molar-refractivity contribution in [3.8, 4) is 5.75 Å². The van der Waals surface area contributed by atoms with E-state index in [1.807, 2.05) is 6.07 Å². The molecule has 0 bridgehead atoms. The number of likely N-dealkylation sites (N-methyl/N-ethyl adjacent to an activating group) is 1. The summed E-state index contributed by atoms with van der Waals surface area (Å²) in [4.78, 5) is 33.4. The van der Waals surface area contributed by atoms with Crippen LogP contribution in [0.25, 0.3) is 0 Å². The minimum absolute atomic E-state index is 0.125. The average molecular weight is 483 g/mol. The van der Waals surface area contributed by atoms with Crippen molar-refractivity contribution in [2.24, 2.45) is 0 Å². The summed E-state index contributed by atoms with van der Waals surface area (Å²) in [7, 11) is 1.59. The first-order chi connectivity index (χ1) is 16.5. The van der Waals surface area contributed by atoms with E-state index < -0.39 is 0 Å². The van der Waals surface area contributed by atoms with Gasteiger partial charge >= 0.3 is 0 Å². The number of hydroxylamine groups is 2. The molecule has 180 valence electrons. The van der Waals surface area contributed by atoms with E-state index in [1.165, 1.54) is 37.2 Å². The highest BCUT2D eigenvalue weighted by molar-refractivity contribution is 6.31. The number of halogens is 1. The second kappa shape index (κ2) is 9.84. The zero-order valence-electron chi connectivity index (χ0n) is 19.5. The van der Waals surface area contributed by atoms with E-state index in [0.29, 0.717) is 34.1 Å². The van der Waals surface area contributed by atoms with Crippen molar-refractivity contribution in [2.75, 3.05) is 30.8 Å². The van der Waals surface area contributed by atoms with Crippen LogP contribution in [0.4, 0.5) is 11.4 Å². The number of nitrogens with zero attached hydrogens (tertiary/aromatic N) is 2. The lowest BCUT2D eigenvalue weighted by Gasteiger charge is -2.39. The van der Waals surface area contributed by atoms with Crippen molar-refractivity contribution in [1.82, 2.24) is 9.96 Å². The summed E-state index contributed by atoms with van der Waals surface area (Å²) in [6, 6.07) is 11.5. The first-order valence-corrected chi connectivity index (χ1v) is 12.5. The van der Waals surface area contributed by atoms with Gasteiger partial charge in [-0.25, -0.2) is 0 Å². The minimum atomic E-state index is -0.215. The fraction of sp³-hybridized carbons (Fsp3) is 0.462. The van der Waals surface area contributed by atoms with Gasteiger partial charge in [0.15, 0.2) is 5.75 Å². The van der Waals surface area contributed by atoms with Crippen molar-refractivity contribution in [2.45, 2.75) is 57.0 Å². The fourth-order valence-corrected chi connectivity index (χ4v) is 5.55. The van der Waals surface area contributed by atoms with Crippen molar-refractivity contribution < 1.29 is 14.4 Å². The normalized spacial score (nSPS) is 22.8. The Morgan fingerprint density at radius 3 is 2.68 bits per heavy atom. The van der Waals surface area contributed by atoms with Gasteiger partial charge in [-0.15, -0.1) is 0 Å². The van der Waals surface area contributed by atoms with Crippen LogP contribution < -0.4 is 15.5 Å². The van der Waals surface area contributed by atoms with Crippen LogP contribution in [0.5, 0.6) is 5.75 Å². The molecule has 2 aromatic rings. The van der Waals surface area contributed by atoms with Crippen LogP contribution >= 0.6 is 11.6 Å². The zero-order chi connectivity index (χ0) is 23.7. The number of carbonyl (C=O) groups is 2. The van der Waals surface area contributed by atoms with E-state index in [4.69, 9.17) is 16.4 Å². The monoisotopic (exact) mass is 482 g/mol. The van der Waals surface area contributed by atoms with Crippen molar-refractivity contribution in [3.05, 3.63) is 52.5 Å². The highest BCUT2D eigenvalue weighted by Gasteiger charge is 2.32. The standard InChI is InChI=1S/C26H31ClN4O3/c1-30-25(32)15-17-14-19(9-11-24(17)34-30)28-26(33)20-10-8-18(27)16-22(20)29-21-6-2-3-7-23(21)31-12-4-5-13-31/h8-11,14,16,21,23,29H,2-7,12-13,15H2,1H3,(H,28,33)/t21-,23-/m1/s1. The summed E-state index contributed by atoms with van der Waals surface area (Å²) in [6.07, 6.45) is 7.48. The molecule has 2 fully saturated rings. The lowest BCUT2D eigenvalue weighted by atomic mass is 9.89. The van der Waals surface area contributed by atoms with E-state index in [0.717, 1.165) is 30.8 Å². The smallest absolute Gasteiger partial charge is 0.259 e. The van der Waals surface area contributed by atoms with Gasteiger partial charge in [0, 0.05) is 41.1 Å². The number of hydrogen-bond donors (Lipinski definition) is 2.